The predicted octanol–water partition coefficient (Wildman–Crippen LogP) is 2.92. The summed E-state index contributed by atoms with van der Waals surface area (Å²) < 4.78 is 40.2. The van der Waals surface area contributed by atoms with Gasteiger partial charge in [-0.1, -0.05) is 20.8 Å². The molecule has 14 heavy (non-hydrogen) atoms. The molecule has 1 unspecified atom stereocenters. The van der Waals surface area contributed by atoms with Crippen LogP contribution in [0.15, 0.2) is 0 Å². The summed E-state index contributed by atoms with van der Waals surface area (Å²) in [7, 11) is 0. The number of alkyl halides is 3. The van der Waals surface area contributed by atoms with Crippen molar-refractivity contribution in [3.63, 3.8) is 0 Å². The third-order valence-corrected chi connectivity index (χ3v) is 2.48. The van der Waals surface area contributed by atoms with Crippen LogP contribution < -0.4 is 0 Å². The van der Waals surface area contributed by atoms with Crippen LogP contribution >= 0.6 is 0 Å². The van der Waals surface area contributed by atoms with Gasteiger partial charge in [-0.3, -0.25) is 0 Å². The normalized spacial score (nSPS) is 16.6. The number of halogens is 3. The molecule has 0 saturated heterocycles. The fourth-order valence-corrected chi connectivity index (χ4v) is 0.868. The molecule has 0 heterocycles. The third kappa shape index (κ3) is 3.20. The molecule has 1 atom stereocenters. The van der Waals surface area contributed by atoms with Gasteiger partial charge in [0.2, 0.25) is 0 Å². The molecule has 0 spiro atoms. The first kappa shape index (κ1) is 13.3. The van der Waals surface area contributed by atoms with E-state index in [-0.39, 0.29) is 5.92 Å². The van der Waals surface area contributed by atoms with Gasteiger partial charge in [-0.15, -0.1) is 0 Å². The second-order valence-corrected chi connectivity index (χ2v) is 3.71. The lowest BCUT2D eigenvalue weighted by Crippen LogP contribution is -2.41. The summed E-state index contributed by atoms with van der Waals surface area (Å²) in [5, 5.41) is 0. The quantitative estimate of drug-likeness (QED) is 0.672. The molecule has 84 valence electrons. The Morgan fingerprint density at radius 3 is 2.00 bits per heavy atom. The molecule has 0 rings (SSSR count). The van der Waals surface area contributed by atoms with E-state index in [0.717, 1.165) is 0 Å². The molecule has 0 aliphatic carbocycles. The Morgan fingerprint density at radius 1 is 1.36 bits per heavy atom. The Kier molecular flexibility index (Phi) is 3.97. The Bertz CT molecular complexity index is 211. The molecular weight excluding hydrogens is 197 g/mol. The molecule has 0 fully saturated rings. The second-order valence-electron chi connectivity index (χ2n) is 3.71. The number of carbonyl (C=O) groups excluding carboxylic acids is 1. The van der Waals surface area contributed by atoms with Gasteiger partial charge in [0, 0.05) is 0 Å². The number of hydrogen-bond donors (Lipinski definition) is 0. The minimum Gasteiger partial charge on any atom is -0.452 e. The van der Waals surface area contributed by atoms with Crippen molar-refractivity contribution in [1.82, 2.24) is 0 Å². The monoisotopic (exact) mass is 212 g/mol. The van der Waals surface area contributed by atoms with Crippen LogP contribution in [0.2, 0.25) is 0 Å². The average molecular weight is 212 g/mol. The molecule has 0 saturated carbocycles. The molecule has 0 bridgehead atoms. The fourth-order valence-electron chi connectivity index (χ4n) is 0.868. The SMILES string of the molecule is CCC(C)(OC(=O)C(F)(F)F)C(C)C. The number of carbonyl (C=O) groups is 1. The number of ether oxygens (including phenoxy) is 1. The molecule has 0 radical (unpaired) electrons. The molecule has 0 amide bonds. The first-order valence-electron chi connectivity index (χ1n) is 4.43. The predicted molar refractivity (Wildman–Crippen MR) is 45.7 cm³/mol. The van der Waals surface area contributed by atoms with E-state index in [1.807, 2.05) is 0 Å². The maximum Gasteiger partial charge on any atom is 0.490 e. The molecule has 0 N–H and O–H groups in total. The van der Waals surface area contributed by atoms with Crippen molar-refractivity contribution in [2.24, 2.45) is 5.92 Å². The molecule has 5 heteroatoms. The van der Waals surface area contributed by atoms with Gasteiger partial charge in [-0.05, 0) is 19.3 Å². The smallest absolute Gasteiger partial charge is 0.452 e. The first-order valence-corrected chi connectivity index (χ1v) is 4.43. The zero-order valence-corrected chi connectivity index (χ0v) is 8.73. The highest BCUT2D eigenvalue weighted by atomic mass is 19.4. The summed E-state index contributed by atoms with van der Waals surface area (Å²) in [6.07, 6.45) is -4.56. The first-order chi connectivity index (χ1) is 6.13. The summed E-state index contributed by atoms with van der Waals surface area (Å²) in [6.45, 7) is 6.62. The van der Waals surface area contributed by atoms with E-state index in [9.17, 15) is 18.0 Å². The van der Waals surface area contributed by atoms with E-state index in [1.165, 1.54) is 6.92 Å². The Hall–Kier alpha value is -0.740. The highest BCUT2D eigenvalue weighted by molar-refractivity contribution is 5.76. The van der Waals surface area contributed by atoms with Gasteiger partial charge in [0.1, 0.15) is 5.60 Å². The number of esters is 1. The summed E-state index contributed by atoms with van der Waals surface area (Å²) in [5.41, 5.74) is -1.05. The Morgan fingerprint density at radius 2 is 1.79 bits per heavy atom. The van der Waals surface area contributed by atoms with Crippen molar-refractivity contribution in [2.45, 2.75) is 45.9 Å². The second kappa shape index (κ2) is 4.19. The molecule has 0 aromatic heterocycles. The van der Waals surface area contributed by atoms with Gasteiger partial charge in [0.15, 0.2) is 0 Å². The van der Waals surface area contributed by atoms with Crippen molar-refractivity contribution < 1.29 is 22.7 Å². The lowest BCUT2D eigenvalue weighted by atomic mass is 9.89. The molecule has 2 nitrogen and oxygen atoms in total. The standard InChI is InChI=1S/C9H15F3O2/c1-5-8(4,6(2)3)14-7(13)9(10,11)12/h6H,5H2,1-4H3. The molecule has 0 aromatic carbocycles. The zero-order chi connectivity index (χ0) is 11.6. The van der Waals surface area contributed by atoms with Gasteiger partial charge in [0.05, 0.1) is 0 Å². The number of rotatable bonds is 3. The van der Waals surface area contributed by atoms with Crippen LogP contribution in [-0.2, 0) is 9.53 Å². The topological polar surface area (TPSA) is 26.3 Å². The maximum absolute atomic E-state index is 11.9. The Labute approximate surface area is 81.4 Å². The number of hydrogen-bond acceptors (Lipinski definition) is 2. The van der Waals surface area contributed by atoms with E-state index in [2.05, 4.69) is 4.74 Å². The van der Waals surface area contributed by atoms with Crippen LogP contribution in [-0.4, -0.2) is 17.7 Å². The zero-order valence-electron chi connectivity index (χ0n) is 8.73. The Balaban J connectivity index is 4.56. The molecule has 0 aliphatic heterocycles. The van der Waals surface area contributed by atoms with Crippen LogP contribution in [0.1, 0.15) is 34.1 Å². The van der Waals surface area contributed by atoms with Crippen molar-refractivity contribution in [2.75, 3.05) is 0 Å². The minimum absolute atomic E-state index is 0.154. The summed E-state index contributed by atoms with van der Waals surface area (Å²) >= 11 is 0. The van der Waals surface area contributed by atoms with Gasteiger partial charge >= 0.3 is 12.1 Å². The fraction of sp³-hybridized carbons (Fsp3) is 0.889. The largest absolute Gasteiger partial charge is 0.490 e. The molecular formula is C9H15F3O2. The van der Waals surface area contributed by atoms with E-state index in [0.29, 0.717) is 6.42 Å². The van der Waals surface area contributed by atoms with E-state index in [4.69, 9.17) is 0 Å². The lowest BCUT2D eigenvalue weighted by molar-refractivity contribution is -0.216. The molecule has 0 aromatic rings. The highest BCUT2D eigenvalue weighted by Crippen LogP contribution is 2.28. The van der Waals surface area contributed by atoms with Crippen LogP contribution in [0.5, 0.6) is 0 Å². The van der Waals surface area contributed by atoms with Crippen molar-refractivity contribution >= 4 is 5.97 Å². The summed E-state index contributed by atoms with van der Waals surface area (Å²) in [4.78, 5) is 10.6. The summed E-state index contributed by atoms with van der Waals surface area (Å²) in [5.74, 6) is -2.27. The molecule has 0 aliphatic rings. The van der Waals surface area contributed by atoms with E-state index in [1.54, 1.807) is 20.8 Å². The van der Waals surface area contributed by atoms with Gasteiger partial charge in [-0.25, -0.2) is 4.79 Å². The highest BCUT2D eigenvalue weighted by Gasteiger charge is 2.45. The summed E-state index contributed by atoms with van der Waals surface area (Å²) in [6, 6.07) is 0. The van der Waals surface area contributed by atoms with E-state index >= 15 is 0 Å². The van der Waals surface area contributed by atoms with Crippen molar-refractivity contribution in [3.8, 4) is 0 Å². The van der Waals surface area contributed by atoms with Crippen LogP contribution in [0.25, 0.3) is 0 Å². The van der Waals surface area contributed by atoms with Crippen molar-refractivity contribution in [3.05, 3.63) is 0 Å². The van der Waals surface area contributed by atoms with Crippen LogP contribution in [0.3, 0.4) is 0 Å². The third-order valence-electron chi connectivity index (χ3n) is 2.48. The van der Waals surface area contributed by atoms with Crippen LogP contribution in [0.4, 0.5) is 13.2 Å². The van der Waals surface area contributed by atoms with E-state index < -0.39 is 17.7 Å². The van der Waals surface area contributed by atoms with Gasteiger partial charge in [-0.2, -0.15) is 13.2 Å². The van der Waals surface area contributed by atoms with Crippen LogP contribution in [0, 0.1) is 5.92 Å². The maximum atomic E-state index is 11.9. The van der Waals surface area contributed by atoms with Gasteiger partial charge in [0.25, 0.3) is 0 Å². The lowest BCUT2D eigenvalue weighted by Gasteiger charge is -2.32. The minimum atomic E-state index is -4.91. The van der Waals surface area contributed by atoms with Crippen molar-refractivity contribution in [1.29, 1.82) is 0 Å². The van der Waals surface area contributed by atoms with Gasteiger partial charge < -0.3 is 4.74 Å². The average Bonchev–Trinajstić information content (AvgIpc) is 2.02.